The number of rotatable bonds is 5. The minimum atomic E-state index is -2.54. The molecule has 1 aliphatic heterocycles. The fourth-order valence-electron chi connectivity index (χ4n) is 1.68. The van der Waals surface area contributed by atoms with Crippen molar-refractivity contribution in [2.45, 2.75) is 32.1 Å². The van der Waals surface area contributed by atoms with Gasteiger partial charge in [-0.15, -0.1) is 0 Å². The topological polar surface area (TPSA) is 29.5 Å². The Kier molecular flexibility index (Phi) is 4.45. The second-order valence-electron chi connectivity index (χ2n) is 3.79. The molecule has 3 nitrogen and oxygen atoms in total. The first-order chi connectivity index (χ1) is 7.03. The van der Waals surface area contributed by atoms with Gasteiger partial charge in [0.2, 0.25) is 0 Å². The van der Waals surface area contributed by atoms with E-state index < -0.39 is 5.92 Å². The smallest absolute Gasteiger partial charge is 0.305 e. The largest absolute Gasteiger partial charge is 0.466 e. The summed E-state index contributed by atoms with van der Waals surface area (Å²) in [6.07, 6.45) is 0.844. The van der Waals surface area contributed by atoms with Crippen molar-refractivity contribution in [1.82, 2.24) is 4.90 Å². The van der Waals surface area contributed by atoms with Gasteiger partial charge in [0.05, 0.1) is 13.2 Å². The molecule has 1 rings (SSSR count). The van der Waals surface area contributed by atoms with Gasteiger partial charge in [0.15, 0.2) is 0 Å². The maximum Gasteiger partial charge on any atom is 0.305 e. The molecule has 0 aromatic carbocycles. The van der Waals surface area contributed by atoms with E-state index in [0.717, 1.165) is 0 Å². The van der Waals surface area contributed by atoms with E-state index in [-0.39, 0.29) is 18.9 Å². The third-order valence-corrected chi connectivity index (χ3v) is 2.41. The van der Waals surface area contributed by atoms with Gasteiger partial charge in [0.25, 0.3) is 5.92 Å². The highest BCUT2D eigenvalue weighted by Gasteiger charge is 2.37. The highest BCUT2D eigenvalue weighted by atomic mass is 19.3. The normalized spacial score (nSPS) is 20.5. The Balaban J connectivity index is 2.09. The fourth-order valence-corrected chi connectivity index (χ4v) is 1.68. The van der Waals surface area contributed by atoms with Gasteiger partial charge in [-0.1, -0.05) is 0 Å². The lowest BCUT2D eigenvalue weighted by Crippen LogP contribution is -2.26. The first kappa shape index (κ1) is 12.4. The predicted molar refractivity (Wildman–Crippen MR) is 51.9 cm³/mol. The molecule has 88 valence electrons. The molecule has 0 atom stereocenters. The highest BCUT2D eigenvalue weighted by molar-refractivity contribution is 5.69. The van der Waals surface area contributed by atoms with Gasteiger partial charge >= 0.3 is 5.97 Å². The van der Waals surface area contributed by atoms with Crippen LogP contribution in [0.1, 0.15) is 26.2 Å². The fraction of sp³-hybridized carbons (Fsp3) is 0.900. The van der Waals surface area contributed by atoms with E-state index in [1.807, 2.05) is 0 Å². The quantitative estimate of drug-likeness (QED) is 0.661. The molecule has 1 fully saturated rings. The Bertz CT molecular complexity index is 221. The summed E-state index contributed by atoms with van der Waals surface area (Å²) in [5.74, 6) is -2.78. The van der Waals surface area contributed by atoms with Crippen LogP contribution in [0.3, 0.4) is 0 Å². The number of likely N-dealkylation sites (tertiary alicyclic amines) is 1. The average Bonchev–Trinajstić information content (AvgIpc) is 2.46. The van der Waals surface area contributed by atoms with Gasteiger partial charge in [-0.05, 0) is 19.9 Å². The minimum absolute atomic E-state index is 0.0631. The van der Waals surface area contributed by atoms with Crippen LogP contribution in [0.4, 0.5) is 8.78 Å². The molecule has 5 heteroatoms. The molecule has 0 bridgehead atoms. The number of hydrogen-bond acceptors (Lipinski definition) is 3. The number of carbonyl (C=O) groups is 1. The van der Waals surface area contributed by atoms with Gasteiger partial charge in [-0.2, -0.15) is 0 Å². The molecule has 0 radical (unpaired) electrons. The Morgan fingerprint density at radius 3 is 2.80 bits per heavy atom. The molecule has 0 aliphatic carbocycles. The Labute approximate surface area is 88.4 Å². The van der Waals surface area contributed by atoms with Gasteiger partial charge in [0, 0.05) is 19.4 Å². The standard InChI is InChI=1S/C10H17F2NO2/c1-2-15-9(14)4-3-6-13-7-5-10(11,12)8-13/h2-8H2,1H3. The van der Waals surface area contributed by atoms with Crippen LogP contribution in [0.15, 0.2) is 0 Å². The molecule has 0 amide bonds. The van der Waals surface area contributed by atoms with E-state index in [1.165, 1.54) is 0 Å². The van der Waals surface area contributed by atoms with E-state index in [9.17, 15) is 13.6 Å². The van der Waals surface area contributed by atoms with Crippen molar-refractivity contribution in [3.05, 3.63) is 0 Å². The predicted octanol–water partition coefficient (Wildman–Crippen LogP) is 1.67. The molecule has 15 heavy (non-hydrogen) atoms. The number of ether oxygens (including phenoxy) is 1. The molecular formula is C10H17F2NO2. The summed E-state index contributed by atoms with van der Waals surface area (Å²) < 4.78 is 30.3. The summed E-state index contributed by atoms with van der Waals surface area (Å²) in [5.41, 5.74) is 0. The molecule has 0 unspecified atom stereocenters. The lowest BCUT2D eigenvalue weighted by molar-refractivity contribution is -0.143. The van der Waals surface area contributed by atoms with Crippen LogP contribution < -0.4 is 0 Å². The van der Waals surface area contributed by atoms with E-state index in [4.69, 9.17) is 4.74 Å². The zero-order chi connectivity index (χ0) is 11.3. The first-order valence-corrected chi connectivity index (χ1v) is 5.29. The van der Waals surface area contributed by atoms with Crippen LogP contribution in [-0.4, -0.2) is 43.0 Å². The van der Waals surface area contributed by atoms with E-state index in [0.29, 0.717) is 32.5 Å². The molecule has 0 N–H and O–H groups in total. The van der Waals surface area contributed by atoms with Crippen LogP contribution in [-0.2, 0) is 9.53 Å². The molecule has 1 saturated heterocycles. The van der Waals surface area contributed by atoms with E-state index in [1.54, 1.807) is 11.8 Å². The van der Waals surface area contributed by atoms with Crippen molar-refractivity contribution >= 4 is 5.97 Å². The lowest BCUT2D eigenvalue weighted by Gasteiger charge is -2.14. The minimum Gasteiger partial charge on any atom is -0.466 e. The third kappa shape index (κ3) is 4.55. The van der Waals surface area contributed by atoms with Gasteiger partial charge in [-0.25, -0.2) is 8.78 Å². The van der Waals surface area contributed by atoms with Gasteiger partial charge < -0.3 is 4.74 Å². The van der Waals surface area contributed by atoms with Crippen LogP contribution in [0, 0.1) is 0 Å². The summed E-state index contributed by atoms with van der Waals surface area (Å²) in [5, 5.41) is 0. The zero-order valence-electron chi connectivity index (χ0n) is 8.97. The molecule has 0 spiro atoms. The number of hydrogen-bond donors (Lipinski definition) is 0. The maximum absolute atomic E-state index is 12.8. The van der Waals surface area contributed by atoms with Crippen LogP contribution in [0.25, 0.3) is 0 Å². The summed E-state index contributed by atoms with van der Waals surface area (Å²) in [6.45, 7) is 2.93. The summed E-state index contributed by atoms with van der Waals surface area (Å²) >= 11 is 0. The highest BCUT2D eigenvalue weighted by Crippen LogP contribution is 2.26. The Morgan fingerprint density at radius 1 is 1.53 bits per heavy atom. The van der Waals surface area contributed by atoms with Crippen molar-refractivity contribution in [1.29, 1.82) is 0 Å². The number of halogens is 2. The second-order valence-corrected chi connectivity index (χ2v) is 3.79. The molecule has 0 saturated carbocycles. The van der Waals surface area contributed by atoms with Gasteiger partial charge in [-0.3, -0.25) is 9.69 Å². The number of alkyl halides is 2. The molecule has 1 heterocycles. The molecular weight excluding hydrogens is 204 g/mol. The summed E-state index contributed by atoms with van der Waals surface area (Å²) in [4.78, 5) is 12.6. The summed E-state index contributed by atoms with van der Waals surface area (Å²) in [6, 6.07) is 0. The number of nitrogens with zero attached hydrogens (tertiary/aromatic N) is 1. The molecule has 0 aromatic rings. The molecule has 1 aliphatic rings. The maximum atomic E-state index is 12.8. The van der Waals surface area contributed by atoms with Crippen LogP contribution >= 0.6 is 0 Å². The van der Waals surface area contributed by atoms with Crippen molar-refractivity contribution < 1.29 is 18.3 Å². The molecule has 0 aromatic heterocycles. The van der Waals surface area contributed by atoms with Crippen molar-refractivity contribution in [2.24, 2.45) is 0 Å². The van der Waals surface area contributed by atoms with Crippen molar-refractivity contribution in [3.8, 4) is 0 Å². The van der Waals surface area contributed by atoms with Crippen molar-refractivity contribution in [3.63, 3.8) is 0 Å². The van der Waals surface area contributed by atoms with E-state index >= 15 is 0 Å². The number of carbonyl (C=O) groups excluding carboxylic acids is 1. The van der Waals surface area contributed by atoms with Gasteiger partial charge in [0.1, 0.15) is 0 Å². The third-order valence-electron chi connectivity index (χ3n) is 2.41. The monoisotopic (exact) mass is 221 g/mol. The Hall–Kier alpha value is -0.710. The number of esters is 1. The van der Waals surface area contributed by atoms with Crippen LogP contribution in [0.5, 0.6) is 0 Å². The second kappa shape index (κ2) is 5.39. The zero-order valence-corrected chi connectivity index (χ0v) is 8.97. The van der Waals surface area contributed by atoms with E-state index in [2.05, 4.69) is 0 Å². The average molecular weight is 221 g/mol. The lowest BCUT2D eigenvalue weighted by atomic mass is 10.3. The van der Waals surface area contributed by atoms with Crippen molar-refractivity contribution in [2.75, 3.05) is 26.2 Å². The first-order valence-electron chi connectivity index (χ1n) is 5.29. The Morgan fingerprint density at radius 2 is 2.27 bits per heavy atom. The SMILES string of the molecule is CCOC(=O)CCCN1CCC(F)(F)C1. The van der Waals surface area contributed by atoms with Crippen LogP contribution in [0.2, 0.25) is 0 Å². The summed E-state index contributed by atoms with van der Waals surface area (Å²) in [7, 11) is 0.